The van der Waals surface area contributed by atoms with Gasteiger partial charge in [0.2, 0.25) is 11.0 Å². The van der Waals surface area contributed by atoms with Crippen LogP contribution in [0.2, 0.25) is 0 Å². The summed E-state index contributed by atoms with van der Waals surface area (Å²) in [6.07, 6.45) is 0.0267. The molecule has 0 saturated carbocycles. The van der Waals surface area contributed by atoms with Gasteiger partial charge in [-0.25, -0.2) is 13.8 Å². The van der Waals surface area contributed by atoms with E-state index in [1.54, 1.807) is 11.6 Å². The van der Waals surface area contributed by atoms with E-state index in [0.717, 1.165) is 21.8 Å². The van der Waals surface area contributed by atoms with Crippen molar-refractivity contribution in [2.75, 3.05) is 5.32 Å². The fraction of sp³-hybridized carbons (Fsp3) is 0.190. The number of benzene rings is 2. The Morgan fingerprint density at radius 1 is 1.21 bits per heavy atom. The molecular formula is C21H16F2N4OS. The molecule has 1 N–H and O–H groups in total. The van der Waals surface area contributed by atoms with Gasteiger partial charge >= 0.3 is 0 Å². The predicted octanol–water partition coefficient (Wildman–Crippen LogP) is 4.85. The first-order chi connectivity index (χ1) is 13.9. The van der Waals surface area contributed by atoms with Crippen LogP contribution in [0.5, 0.6) is 0 Å². The van der Waals surface area contributed by atoms with Crippen LogP contribution in [0.3, 0.4) is 0 Å². The number of nitrogens with zero attached hydrogens (tertiary/aromatic N) is 3. The van der Waals surface area contributed by atoms with E-state index >= 15 is 0 Å². The van der Waals surface area contributed by atoms with Crippen molar-refractivity contribution < 1.29 is 13.6 Å². The summed E-state index contributed by atoms with van der Waals surface area (Å²) >= 11 is 1.46. The number of rotatable bonds is 2. The molecule has 8 heteroatoms. The van der Waals surface area contributed by atoms with E-state index in [4.69, 9.17) is 0 Å². The highest BCUT2D eigenvalue weighted by Gasteiger charge is 2.35. The van der Waals surface area contributed by atoms with Crippen LogP contribution in [0.25, 0.3) is 15.3 Å². The fourth-order valence-corrected chi connectivity index (χ4v) is 4.87. The standard InChI is InChI=1S/C21H16F2N4OS/c1-10-6-7-15-16(8-10)29-21(24-15)27-20-18(11(2)26-27)13(9-17(28)25-20)12-4-3-5-14(22)19(12)23/h3-8,13H,9H2,1-2H3,(H,25,28)/t13-/m0/s1. The number of anilines is 1. The van der Waals surface area contributed by atoms with Crippen LogP contribution in [0.15, 0.2) is 36.4 Å². The molecule has 3 heterocycles. The zero-order chi connectivity index (χ0) is 20.3. The number of carbonyl (C=O) groups is 1. The lowest BCUT2D eigenvalue weighted by Crippen LogP contribution is -2.25. The third kappa shape index (κ3) is 2.82. The average Bonchev–Trinajstić information content (AvgIpc) is 3.24. The van der Waals surface area contributed by atoms with E-state index < -0.39 is 17.6 Å². The van der Waals surface area contributed by atoms with Crippen molar-refractivity contribution in [3.63, 3.8) is 0 Å². The third-order valence-corrected chi connectivity index (χ3v) is 6.17. The van der Waals surface area contributed by atoms with Gasteiger partial charge in [-0.05, 0) is 43.2 Å². The summed E-state index contributed by atoms with van der Waals surface area (Å²) in [6, 6.07) is 10.0. The predicted molar refractivity (Wildman–Crippen MR) is 108 cm³/mol. The molecule has 0 saturated heterocycles. The molecule has 5 nitrogen and oxygen atoms in total. The van der Waals surface area contributed by atoms with Gasteiger partial charge in [-0.15, -0.1) is 0 Å². The lowest BCUT2D eigenvalue weighted by Gasteiger charge is -2.24. The molecule has 0 unspecified atom stereocenters. The Kier molecular flexibility index (Phi) is 3.99. The van der Waals surface area contributed by atoms with Gasteiger partial charge in [-0.3, -0.25) is 4.79 Å². The van der Waals surface area contributed by atoms with Crippen molar-refractivity contribution in [1.29, 1.82) is 0 Å². The lowest BCUT2D eigenvalue weighted by molar-refractivity contribution is -0.116. The zero-order valence-corrected chi connectivity index (χ0v) is 16.5. The van der Waals surface area contributed by atoms with Crippen LogP contribution in [-0.2, 0) is 4.79 Å². The molecule has 1 aliphatic heterocycles. The molecule has 146 valence electrons. The minimum absolute atomic E-state index is 0.0267. The summed E-state index contributed by atoms with van der Waals surface area (Å²) in [5, 5.41) is 8.03. The average molecular weight is 410 g/mol. The van der Waals surface area contributed by atoms with Crippen LogP contribution in [-0.4, -0.2) is 20.7 Å². The van der Waals surface area contributed by atoms with E-state index in [0.29, 0.717) is 22.2 Å². The Morgan fingerprint density at radius 3 is 2.86 bits per heavy atom. The van der Waals surface area contributed by atoms with Gasteiger partial charge in [-0.2, -0.15) is 9.78 Å². The van der Waals surface area contributed by atoms with Crippen molar-refractivity contribution in [2.24, 2.45) is 0 Å². The van der Waals surface area contributed by atoms with Gasteiger partial charge in [0.25, 0.3) is 0 Å². The highest BCUT2D eigenvalue weighted by molar-refractivity contribution is 7.20. The molecule has 0 bridgehead atoms. The van der Waals surface area contributed by atoms with E-state index in [1.165, 1.54) is 23.5 Å². The number of fused-ring (bicyclic) bond motifs is 2. The minimum atomic E-state index is -0.930. The molecule has 5 rings (SSSR count). The van der Waals surface area contributed by atoms with Gasteiger partial charge in [-0.1, -0.05) is 29.5 Å². The largest absolute Gasteiger partial charge is 0.310 e. The number of aryl methyl sites for hydroxylation is 2. The molecule has 1 atom stereocenters. The number of halogens is 2. The van der Waals surface area contributed by atoms with Gasteiger partial charge in [0.15, 0.2) is 11.6 Å². The molecular weight excluding hydrogens is 394 g/mol. The quantitative estimate of drug-likeness (QED) is 0.514. The molecule has 1 amide bonds. The van der Waals surface area contributed by atoms with Crippen molar-refractivity contribution in [1.82, 2.24) is 14.8 Å². The summed E-state index contributed by atoms with van der Waals surface area (Å²) in [5.74, 6) is -2.28. The van der Waals surface area contributed by atoms with E-state index in [2.05, 4.69) is 15.4 Å². The molecule has 2 aromatic heterocycles. The number of nitrogens with one attached hydrogen (secondary N) is 1. The number of carbonyl (C=O) groups excluding carboxylic acids is 1. The molecule has 0 spiro atoms. The molecule has 2 aromatic carbocycles. The van der Waals surface area contributed by atoms with Gasteiger partial charge in [0.1, 0.15) is 5.82 Å². The first-order valence-electron chi connectivity index (χ1n) is 9.13. The first-order valence-corrected chi connectivity index (χ1v) is 9.95. The van der Waals surface area contributed by atoms with Crippen LogP contribution >= 0.6 is 11.3 Å². The number of amides is 1. The summed E-state index contributed by atoms with van der Waals surface area (Å²) in [4.78, 5) is 17.1. The number of aromatic nitrogens is 3. The second-order valence-electron chi connectivity index (χ2n) is 7.18. The maximum absolute atomic E-state index is 14.5. The Hall–Kier alpha value is -3.13. The Morgan fingerprint density at radius 2 is 2.03 bits per heavy atom. The van der Waals surface area contributed by atoms with Gasteiger partial charge < -0.3 is 5.32 Å². The molecule has 0 radical (unpaired) electrons. The lowest BCUT2D eigenvalue weighted by atomic mass is 9.85. The van der Waals surface area contributed by atoms with Crippen LogP contribution in [0.4, 0.5) is 14.6 Å². The first kappa shape index (κ1) is 17.9. The van der Waals surface area contributed by atoms with E-state index in [-0.39, 0.29) is 17.9 Å². The van der Waals surface area contributed by atoms with Crippen LogP contribution < -0.4 is 5.32 Å². The second kappa shape index (κ2) is 6.45. The molecule has 0 fully saturated rings. The van der Waals surface area contributed by atoms with E-state index in [1.807, 2.05) is 25.1 Å². The number of thiazole rings is 1. The monoisotopic (exact) mass is 410 g/mol. The summed E-state index contributed by atoms with van der Waals surface area (Å²) in [7, 11) is 0. The van der Waals surface area contributed by atoms with Gasteiger partial charge in [0.05, 0.1) is 15.9 Å². The minimum Gasteiger partial charge on any atom is -0.310 e. The summed E-state index contributed by atoms with van der Waals surface area (Å²) in [5.41, 5.74) is 3.45. The van der Waals surface area contributed by atoms with Crippen molar-refractivity contribution >= 4 is 33.3 Å². The SMILES string of the molecule is Cc1ccc2nc(-n3nc(C)c4c3NC(=O)C[C@H]4c3cccc(F)c3F)sc2c1. The second-order valence-corrected chi connectivity index (χ2v) is 8.18. The highest BCUT2D eigenvalue weighted by Crippen LogP contribution is 2.42. The number of hydrogen-bond acceptors (Lipinski definition) is 4. The smallest absolute Gasteiger partial charge is 0.226 e. The summed E-state index contributed by atoms with van der Waals surface area (Å²) < 4.78 is 30.9. The Bertz CT molecular complexity index is 1290. The zero-order valence-electron chi connectivity index (χ0n) is 15.7. The maximum Gasteiger partial charge on any atom is 0.226 e. The van der Waals surface area contributed by atoms with Crippen molar-refractivity contribution in [2.45, 2.75) is 26.2 Å². The van der Waals surface area contributed by atoms with Crippen LogP contribution in [0.1, 0.15) is 34.7 Å². The topological polar surface area (TPSA) is 59.8 Å². The van der Waals surface area contributed by atoms with Crippen LogP contribution in [0, 0.1) is 25.5 Å². The maximum atomic E-state index is 14.5. The Balaban J connectivity index is 1.69. The summed E-state index contributed by atoms with van der Waals surface area (Å²) in [6.45, 7) is 3.81. The van der Waals surface area contributed by atoms with Crippen molar-refractivity contribution in [3.05, 3.63) is 70.4 Å². The number of hydrogen-bond donors (Lipinski definition) is 1. The normalized spacial score (nSPS) is 16.1. The fourth-order valence-electron chi connectivity index (χ4n) is 3.85. The highest BCUT2D eigenvalue weighted by atomic mass is 32.1. The van der Waals surface area contributed by atoms with Gasteiger partial charge in [0, 0.05) is 17.9 Å². The Labute approximate surface area is 169 Å². The molecule has 29 heavy (non-hydrogen) atoms. The van der Waals surface area contributed by atoms with Crippen molar-refractivity contribution in [3.8, 4) is 5.13 Å². The molecule has 1 aliphatic rings. The third-order valence-electron chi connectivity index (χ3n) is 5.17. The van der Waals surface area contributed by atoms with E-state index in [9.17, 15) is 13.6 Å². The molecule has 4 aromatic rings. The molecule has 0 aliphatic carbocycles.